The summed E-state index contributed by atoms with van der Waals surface area (Å²) in [7, 11) is 0. The first-order chi connectivity index (χ1) is 9.49. The normalized spacial score (nSPS) is 21.7. The van der Waals surface area contributed by atoms with E-state index in [9.17, 15) is 9.59 Å². The lowest BCUT2D eigenvalue weighted by molar-refractivity contribution is -0.124. The van der Waals surface area contributed by atoms with Crippen molar-refractivity contribution in [3.8, 4) is 0 Å². The minimum Gasteiger partial charge on any atom is -0.369 e. The molecule has 0 heterocycles. The van der Waals surface area contributed by atoms with Crippen molar-refractivity contribution in [2.45, 2.75) is 31.7 Å². The molecule has 1 aliphatic rings. The number of halogens is 2. The highest BCUT2D eigenvalue weighted by Gasteiger charge is 2.32. The minimum absolute atomic E-state index is 0.140. The summed E-state index contributed by atoms with van der Waals surface area (Å²) in [6, 6.07) is 5.01. The van der Waals surface area contributed by atoms with Crippen molar-refractivity contribution in [1.29, 1.82) is 0 Å². The van der Waals surface area contributed by atoms with Gasteiger partial charge < -0.3 is 11.1 Å². The molecule has 1 aromatic carbocycles. The van der Waals surface area contributed by atoms with Crippen LogP contribution in [0.1, 0.15) is 24.8 Å². The molecule has 2 rings (SSSR count). The molecular weight excluding hydrogens is 299 g/mol. The molecule has 0 bridgehead atoms. The Labute approximate surface area is 127 Å². The Bertz CT molecular complexity index is 534. The van der Waals surface area contributed by atoms with Crippen molar-refractivity contribution >= 4 is 35.0 Å². The molecule has 0 unspecified atom stereocenters. The van der Waals surface area contributed by atoms with E-state index in [2.05, 4.69) is 5.32 Å². The van der Waals surface area contributed by atoms with E-state index in [-0.39, 0.29) is 30.2 Å². The maximum Gasteiger partial charge on any atom is 0.224 e. The van der Waals surface area contributed by atoms with Gasteiger partial charge in [0.2, 0.25) is 11.8 Å². The summed E-state index contributed by atoms with van der Waals surface area (Å²) in [6.07, 6.45) is 2.55. The Kier molecular flexibility index (Phi) is 4.89. The second-order valence-electron chi connectivity index (χ2n) is 5.00. The molecule has 4 nitrogen and oxygen atoms in total. The van der Waals surface area contributed by atoms with E-state index in [4.69, 9.17) is 28.9 Å². The number of hydrogen-bond acceptors (Lipinski definition) is 2. The van der Waals surface area contributed by atoms with E-state index in [0.717, 1.165) is 19.3 Å². The third-order valence-corrected chi connectivity index (χ3v) is 4.47. The maximum absolute atomic E-state index is 12.0. The van der Waals surface area contributed by atoms with Crippen LogP contribution < -0.4 is 11.1 Å². The number of nitrogens with one attached hydrogen (secondary N) is 1. The molecule has 3 N–H and O–H groups in total. The highest BCUT2D eigenvalue weighted by atomic mass is 35.5. The summed E-state index contributed by atoms with van der Waals surface area (Å²) < 4.78 is 0. The van der Waals surface area contributed by atoms with Crippen LogP contribution >= 0.6 is 23.2 Å². The molecule has 108 valence electrons. The molecule has 0 spiro atoms. The van der Waals surface area contributed by atoms with E-state index in [0.29, 0.717) is 15.6 Å². The van der Waals surface area contributed by atoms with Gasteiger partial charge in [0.25, 0.3) is 0 Å². The molecule has 1 aliphatic carbocycles. The molecule has 2 atom stereocenters. The van der Waals surface area contributed by atoms with Gasteiger partial charge in [-0.3, -0.25) is 9.59 Å². The third kappa shape index (κ3) is 3.44. The Morgan fingerprint density at radius 3 is 2.75 bits per heavy atom. The molecule has 0 saturated heterocycles. The molecule has 0 aromatic heterocycles. The van der Waals surface area contributed by atoms with E-state index >= 15 is 0 Å². The predicted molar refractivity (Wildman–Crippen MR) is 78.6 cm³/mol. The van der Waals surface area contributed by atoms with E-state index < -0.39 is 0 Å². The summed E-state index contributed by atoms with van der Waals surface area (Å²) in [6.45, 7) is 0. The van der Waals surface area contributed by atoms with Gasteiger partial charge >= 0.3 is 0 Å². The quantitative estimate of drug-likeness (QED) is 0.895. The number of carbonyl (C=O) groups is 2. The first-order valence-electron chi connectivity index (χ1n) is 6.50. The maximum atomic E-state index is 12.0. The standard InChI is InChI=1S/C14H16Cl2N2O2/c15-10-5-1-3-8(13(10)16)7-12(19)18-11-6-2-4-9(11)14(17)20/h1,3,5,9,11H,2,4,6-7H2,(H2,17,20)(H,18,19)/t9-,11-/m1/s1. The number of nitrogens with two attached hydrogens (primary N) is 1. The van der Waals surface area contributed by atoms with Crippen LogP contribution in [-0.2, 0) is 16.0 Å². The fourth-order valence-electron chi connectivity index (χ4n) is 2.59. The van der Waals surface area contributed by atoms with E-state index in [1.807, 2.05) is 0 Å². The average molecular weight is 315 g/mol. The molecule has 20 heavy (non-hydrogen) atoms. The van der Waals surface area contributed by atoms with Crippen LogP contribution in [0.15, 0.2) is 18.2 Å². The SMILES string of the molecule is NC(=O)[C@@H]1CCC[C@H]1NC(=O)Cc1cccc(Cl)c1Cl. The third-order valence-electron chi connectivity index (χ3n) is 3.61. The zero-order chi connectivity index (χ0) is 14.7. The van der Waals surface area contributed by atoms with E-state index in [1.54, 1.807) is 18.2 Å². The lowest BCUT2D eigenvalue weighted by Crippen LogP contribution is -2.42. The highest BCUT2D eigenvalue weighted by Crippen LogP contribution is 2.27. The lowest BCUT2D eigenvalue weighted by atomic mass is 10.0. The molecule has 1 fully saturated rings. The fourth-order valence-corrected chi connectivity index (χ4v) is 2.98. The van der Waals surface area contributed by atoms with Crippen molar-refractivity contribution in [3.05, 3.63) is 33.8 Å². The Balaban J connectivity index is 1.99. The smallest absolute Gasteiger partial charge is 0.224 e. The van der Waals surface area contributed by atoms with Gasteiger partial charge in [-0.2, -0.15) is 0 Å². The van der Waals surface area contributed by atoms with Gasteiger partial charge in [0.15, 0.2) is 0 Å². The van der Waals surface area contributed by atoms with E-state index in [1.165, 1.54) is 0 Å². The summed E-state index contributed by atoms with van der Waals surface area (Å²) >= 11 is 12.0. The molecule has 1 saturated carbocycles. The largest absolute Gasteiger partial charge is 0.369 e. The second-order valence-corrected chi connectivity index (χ2v) is 5.79. The van der Waals surface area contributed by atoms with Crippen LogP contribution in [0.25, 0.3) is 0 Å². The van der Waals surface area contributed by atoms with Gasteiger partial charge in [-0.25, -0.2) is 0 Å². The predicted octanol–water partition coefficient (Wildman–Crippen LogP) is 2.31. The summed E-state index contributed by atoms with van der Waals surface area (Å²) in [5, 5.41) is 3.68. The summed E-state index contributed by atoms with van der Waals surface area (Å²) in [5.41, 5.74) is 6.00. The van der Waals surface area contributed by atoms with Gasteiger partial charge in [0.05, 0.1) is 22.4 Å². The zero-order valence-corrected chi connectivity index (χ0v) is 12.4. The highest BCUT2D eigenvalue weighted by molar-refractivity contribution is 6.42. The Morgan fingerprint density at radius 2 is 2.05 bits per heavy atom. The number of hydrogen-bond donors (Lipinski definition) is 2. The van der Waals surface area contributed by atoms with Crippen molar-refractivity contribution in [2.75, 3.05) is 0 Å². The zero-order valence-electron chi connectivity index (χ0n) is 10.9. The second kappa shape index (κ2) is 6.46. The summed E-state index contributed by atoms with van der Waals surface area (Å²) in [4.78, 5) is 23.3. The van der Waals surface area contributed by atoms with Crippen LogP contribution in [-0.4, -0.2) is 17.9 Å². The van der Waals surface area contributed by atoms with Crippen molar-refractivity contribution in [1.82, 2.24) is 5.32 Å². The van der Waals surface area contributed by atoms with Crippen molar-refractivity contribution in [3.63, 3.8) is 0 Å². The molecule has 6 heteroatoms. The average Bonchev–Trinajstić information content (AvgIpc) is 2.83. The van der Waals surface area contributed by atoms with Crippen molar-refractivity contribution in [2.24, 2.45) is 11.7 Å². The van der Waals surface area contributed by atoms with Gasteiger partial charge in [0.1, 0.15) is 0 Å². The molecule has 0 aliphatic heterocycles. The minimum atomic E-state index is -0.353. The lowest BCUT2D eigenvalue weighted by Gasteiger charge is -2.18. The van der Waals surface area contributed by atoms with Crippen LogP contribution in [0.5, 0.6) is 0 Å². The first-order valence-corrected chi connectivity index (χ1v) is 7.26. The van der Waals surface area contributed by atoms with Gasteiger partial charge in [-0.1, -0.05) is 41.8 Å². The fraction of sp³-hybridized carbons (Fsp3) is 0.429. The van der Waals surface area contributed by atoms with Gasteiger partial charge in [-0.05, 0) is 24.5 Å². The first kappa shape index (κ1) is 15.1. The van der Waals surface area contributed by atoms with Crippen molar-refractivity contribution < 1.29 is 9.59 Å². The topological polar surface area (TPSA) is 72.2 Å². The Hall–Kier alpha value is -1.26. The molecule has 0 radical (unpaired) electrons. The monoisotopic (exact) mass is 314 g/mol. The summed E-state index contributed by atoms with van der Waals surface area (Å²) in [5.74, 6) is -0.797. The molecular formula is C14H16Cl2N2O2. The number of rotatable bonds is 4. The molecule has 2 amide bonds. The van der Waals surface area contributed by atoms with Gasteiger partial charge in [-0.15, -0.1) is 0 Å². The van der Waals surface area contributed by atoms with Crippen LogP contribution in [0.3, 0.4) is 0 Å². The Morgan fingerprint density at radius 1 is 1.30 bits per heavy atom. The number of primary amides is 1. The van der Waals surface area contributed by atoms with Crippen LogP contribution in [0, 0.1) is 5.92 Å². The number of carbonyl (C=O) groups excluding carboxylic acids is 2. The number of benzene rings is 1. The number of amides is 2. The van der Waals surface area contributed by atoms with Gasteiger partial charge in [0, 0.05) is 6.04 Å². The van der Waals surface area contributed by atoms with Crippen LogP contribution in [0.4, 0.5) is 0 Å². The van der Waals surface area contributed by atoms with Crippen LogP contribution in [0.2, 0.25) is 10.0 Å². The molecule has 1 aromatic rings.